The second kappa shape index (κ2) is 9.70. The summed E-state index contributed by atoms with van der Waals surface area (Å²) < 4.78 is 7.82. The molecule has 3 heterocycles. The quantitative estimate of drug-likeness (QED) is 0.461. The van der Waals surface area contributed by atoms with Crippen molar-refractivity contribution in [3.63, 3.8) is 0 Å². The number of carbonyl (C=O) groups is 2. The molecule has 0 bridgehead atoms. The van der Waals surface area contributed by atoms with Crippen LogP contribution in [0.4, 0.5) is 5.82 Å². The number of fused-ring (bicyclic) bond motifs is 3. The Hall–Kier alpha value is -3.91. The van der Waals surface area contributed by atoms with Crippen molar-refractivity contribution in [1.82, 2.24) is 14.7 Å². The topological polar surface area (TPSA) is 102 Å². The van der Waals surface area contributed by atoms with Crippen LogP contribution in [0, 0.1) is 5.92 Å². The van der Waals surface area contributed by atoms with E-state index >= 15 is 0 Å². The van der Waals surface area contributed by atoms with E-state index in [0.717, 1.165) is 42.5 Å². The molecule has 3 aromatic rings. The van der Waals surface area contributed by atoms with E-state index < -0.39 is 5.91 Å². The second-order valence-electron chi connectivity index (χ2n) is 8.12. The summed E-state index contributed by atoms with van der Waals surface area (Å²) in [6.45, 7) is 5.87. The third kappa shape index (κ3) is 4.65. The van der Waals surface area contributed by atoms with E-state index in [4.69, 9.17) is 20.4 Å². The van der Waals surface area contributed by atoms with Gasteiger partial charge in [0.2, 0.25) is 0 Å². The van der Waals surface area contributed by atoms with Crippen molar-refractivity contribution in [3.05, 3.63) is 72.8 Å². The molecule has 170 valence electrons. The molecule has 1 aromatic heterocycles. The van der Waals surface area contributed by atoms with E-state index in [2.05, 4.69) is 23.8 Å². The van der Waals surface area contributed by atoms with Crippen LogP contribution in [0.15, 0.2) is 67.3 Å². The van der Waals surface area contributed by atoms with Crippen molar-refractivity contribution in [3.8, 4) is 22.8 Å². The van der Waals surface area contributed by atoms with Gasteiger partial charge in [-0.05, 0) is 49.5 Å². The number of ether oxygens (including phenoxy) is 1. The first-order valence-electron chi connectivity index (χ1n) is 10.8. The number of nitrogens with zero attached hydrogens (tertiary/aromatic N) is 3. The van der Waals surface area contributed by atoms with E-state index in [-0.39, 0.29) is 6.04 Å². The van der Waals surface area contributed by atoms with Crippen LogP contribution in [0.5, 0.6) is 11.5 Å². The molecule has 1 fully saturated rings. The van der Waals surface area contributed by atoms with Crippen molar-refractivity contribution in [2.75, 3.05) is 32.0 Å². The number of nitrogens with two attached hydrogens (primary N) is 1. The zero-order chi connectivity index (χ0) is 23.4. The van der Waals surface area contributed by atoms with Crippen LogP contribution in [0.25, 0.3) is 11.3 Å². The van der Waals surface area contributed by atoms with Crippen LogP contribution in [0.2, 0.25) is 0 Å². The van der Waals surface area contributed by atoms with Crippen LogP contribution >= 0.6 is 0 Å². The lowest BCUT2D eigenvalue weighted by atomic mass is 10.0. The van der Waals surface area contributed by atoms with Crippen LogP contribution in [0.3, 0.4) is 0 Å². The number of carbonyl (C=O) groups excluding carboxylic acids is 2. The number of aldehydes is 1. The number of nitrogens with one attached hydrogen (secondary N) is 1. The zero-order valence-electron chi connectivity index (χ0n) is 18.5. The average molecular weight is 446 g/mol. The minimum absolute atomic E-state index is 0.254. The number of benzene rings is 2. The Morgan fingerprint density at radius 3 is 2.45 bits per heavy atom. The van der Waals surface area contributed by atoms with Gasteiger partial charge in [-0.3, -0.25) is 9.59 Å². The van der Waals surface area contributed by atoms with Gasteiger partial charge in [-0.25, -0.2) is 4.68 Å². The van der Waals surface area contributed by atoms with Gasteiger partial charge < -0.3 is 20.7 Å². The number of anilines is 1. The normalized spacial score (nSPS) is 18.7. The molecule has 8 nitrogen and oxygen atoms in total. The molecule has 1 saturated heterocycles. The molecule has 2 aliphatic rings. The second-order valence-corrected chi connectivity index (χ2v) is 8.12. The van der Waals surface area contributed by atoms with Gasteiger partial charge in [0, 0.05) is 31.1 Å². The molecule has 3 N–H and O–H groups in total. The average Bonchev–Trinajstić information content (AvgIpc) is 3.40. The Labute approximate surface area is 192 Å². The smallest absolute Gasteiger partial charge is 0.254 e. The number of hydrogen-bond acceptors (Lipinski definition) is 6. The highest BCUT2D eigenvalue weighted by molar-refractivity contribution is 6.03. The van der Waals surface area contributed by atoms with Gasteiger partial charge in [0.15, 0.2) is 0 Å². The number of allylic oxidation sites excluding steroid dienone is 1. The number of aromatic nitrogens is 2. The number of likely N-dealkylation sites (N-methyl/N-ethyl adjacent to an activating group) is 1. The Bertz CT molecular complexity index is 1130. The predicted octanol–water partition coefficient (Wildman–Crippen LogP) is 3.34. The summed E-state index contributed by atoms with van der Waals surface area (Å²) in [6, 6.07) is 17.5. The molecule has 2 aromatic carbocycles. The first kappa shape index (κ1) is 22.3. The van der Waals surface area contributed by atoms with E-state index in [9.17, 15) is 4.79 Å². The Morgan fingerprint density at radius 1 is 1.15 bits per heavy atom. The molecule has 0 saturated carbocycles. The molecule has 33 heavy (non-hydrogen) atoms. The molecule has 0 radical (unpaired) electrons. The fourth-order valence-electron chi connectivity index (χ4n) is 4.36. The van der Waals surface area contributed by atoms with E-state index in [0.29, 0.717) is 23.5 Å². The number of amides is 1. The molecular weight excluding hydrogens is 418 g/mol. The Balaban J connectivity index is 0.000000601. The Morgan fingerprint density at radius 2 is 1.82 bits per heavy atom. The maximum atomic E-state index is 12.3. The lowest BCUT2D eigenvalue weighted by molar-refractivity contribution is -0.104. The fourth-order valence-corrected chi connectivity index (χ4v) is 4.36. The molecule has 2 atom stereocenters. The fraction of sp³-hybridized carbons (Fsp3) is 0.240. The SMILES string of the molecule is C=CC=O.CN1CC2CNc3c(C(N)=O)c(-c4ccc(Oc5ccccc5)cc4)nn3C2C1. The van der Waals surface area contributed by atoms with Gasteiger partial charge in [-0.2, -0.15) is 5.10 Å². The van der Waals surface area contributed by atoms with Crippen molar-refractivity contribution < 1.29 is 14.3 Å². The molecule has 8 heteroatoms. The van der Waals surface area contributed by atoms with Crippen molar-refractivity contribution in [1.29, 1.82) is 0 Å². The van der Waals surface area contributed by atoms with E-state index in [1.165, 1.54) is 6.08 Å². The zero-order valence-corrected chi connectivity index (χ0v) is 18.5. The summed E-state index contributed by atoms with van der Waals surface area (Å²) >= 11 is 0. The molecule has 0 aliphatic carbocycles. The summed E-state index contributed by atoms with van der Waals surface area (Å²) in [5.74, 6) is 2.23. The maximum Gasteiger partial charge on any atom is 0.254 e. The summed E-state index contributed by atoms with van der Waals surface area (Å²) in [5.41, 5.74) is 7.65. The summed E-state index contributed by atoms with van der Waals surface area (Å²) in [4.78, 5) is 23.6. The third-order valence-electron chi connectivity index (χ3n) is 5.79. The minimum atomic E-state index is -0.469. The van der Waals surface area contributed by atoms with Gasteiger partial charge >= 0.3 is 0 Å². The number of para-hydroxylation sites is 1. The van der Waals surface area contributed by atoms with E-state index in [1.807, 2.05) is 59.3 Å². The monoisotopic (exact) mass is 445 g/mol. The van der Waals surface area contributed by atoms with Crippen LogP contribution < -0.4 is 15.8 Å². The first-order chi connectivity index (χ1) is 16.0. The standard InChI is InChI=1S/C22H23N5O2.C3H4O/c1-26-12-15-11-24-22-19(21(23)28)20(25-27(22)18(15)13-26)14-7-9-17(10-8-14)29-16-5-3-2-4-6-16;1-2-3-4/h2-10,15,18,24H,11-13H2,1H3,(H2,23,28);2-3H,1H2. The third-order valence-corrected chi connectivity index (χ3v) is 5.79. The number of likely N-dealkylation sites (tertiary alicyclic amines) is 1. The number of hydrogen-bond donors (Lipinski definition) is 2. The molecule has 1 amide bonds. The number of primary amides is 1. The van der Waals surface area contributed by atoms with Crippen molar-refractivity contribution in [2.24, 2.45) is 11.7 Å². The highest BCUT2D eigenvalue weighted by Crippen LogP contribution is 2.39. The molecular formula is C25H27N5O3. The first-order valence-corrected chi connectivity index (χ1v) is 10.8. The largest absolute Gasteiger partial charge is 0.457 e. The van der Waals surface area contributed by atoms with Gasteiger partial charge in [0.25, 0.3) is 5.91 Å². The predicted molar refractivity (Wildman–Crippen MR) is 127 cm³/mol. The molecule has 5 rings (SSSR count). The van der Waals surface area contributed by atoms with Gasteiger partial charge in [-0.15, -0.1) is 0 Å². The van der Waals surface area contributed by atoms with Crippen molar-refractivity contribution in [2.45, 2.75) is 6.04 Å². The molecule has 2 aliphatic heterocycles. The lowest BCUT2D eigenvalue weighted by Gasteiger charge is -2.27. The van der Waals surface area contributed by atoms with Gasteiger partial charge in [0.05, 0.1) is 6.04 Å². The maximum absolute atomic E-state index is 12.3. The number of rotatable bonds is 5. The summed E-state index contributed by atoms with van der Waals surface area (Å²) in [5, 5.41) is 8.21. The van der Waals surface area contributed by atoms with E-state index in [1.54, 1.807) is 0 Å². The van der Waals surface area contributed by atoms with Gasteiger partial charge in [-0.1, -0.05) is 24.8 Å². The summed E-state index contributed by atoms with van der Waals surface area (Å²) in [7, 11) is 2.11. The summed E-state index contributed by atoms with van der Waals surface area (Å²) in [6.07, 6.45) is 1.83. The van der Waals surface area contributed by atoms with Crippen LogP contribution in [-0.2, 0) is 4.79 Å². The molecule has 0 spiro atoms. The highest BCUT2D eigenvalue weighted by Gasteiger charge is 2.39. The Kier molecular flexibility index (Phi) is 6.55. The minimum Gasteiger partial charge on any atom is -0.457 e. The highest BCUT2D eigenvalue weighted by atomic mass is 16.5. The van der Waals surface area contributed by atoms with Crippen LogP contribution in [0.1, 0.15) is 16.4 Å². The lowest BCUT2D eigenvalue weighted by Crippen LogP contribution is -2.32. The van der Waals surface area contributed by atoms with Crippen molar-refractivity contribution >= 4 is 18.0 Å². The molecule has 2 unspecified atom stereocenters. The van der Waals surface area contributed by atoms with Crippen LogP contribution in [-0.4, -0.2) is 53.6 Å². The van der Waals surface area contributed by atoms with Gasteiger partial charge in [0.1, 0.15) is 34.9 Å².